The summed E-state index contributed by atoms with van der Waals surface area (Å²) in [6.07, 6.45) is 3.11. The number of carbonyl (C=O) groups is 1. The zero-order chi connectivity index (χ0) is 30.1. The summed E-state index contributed by atoms with van der Waals surface area (Å²) in [6, 6.07) is 12.6. The third kappa shape index (κ3) is 5.34. The molecule has 0 N–H and O–H groups in total. The minimum absolute atomic E-state index is 0.176. The number of hydrogen-bond donors (Lipinski definition) is 0. The number of aryl methyl sites for hydroxylation is 1. The Morgan fingerprint density at radius 1 is 1.14 bits per heavy atom. The highest BCUT2D eigenvalue weighted by atomic mass is 35.5. The van der Waals surface area contributed by atoms with Crippen molar-refractivity contribution < 1.29 is 18.7 Å². The standard InChI is InChI=1S/C32H31ClFN3O4S/c1-6-8-25-28(31(39)41-7-2)29(24-17-21(33)9-14-26(24)40-5)37-30(38)27(42-32(37)35-25)16-20-15-18(3)36(19(20)4)23-12-10-22(34)11-13-23/h9-17,29H,6-8H2,1-5H3/b27-16+/t29-/m0/s1. The minimum Gasteiger partial charge on any atom is -0.496 e. The number of hydrogen-bond acceptors (Lipinski definition) is 6. The number of rotatable bonds is 8. The second kappa shape index (κ2) is 12.1. The summed E-state index contributed by atoms with van der Waals surface area (Å²) in [7, 11) is 1.54. The van der Waals surface area contributed by atoms with Crippen LogP contribution in [0.3, 0.4) is 0 Å². The van der Waals surface area contributed by atoms with Crippen molar-refractivity contribution in [1.29, 1.82) is 0 Å². The zero-order valence-electron chi connectivity index (χ0n) is 24.0. The number of thiazole rings is 1. The van der Waals surface area contributed by atoms with Crippen LogP contribution in [-0.2, 0) is 9.53 Å². The van der Waals surface area contributed by atoms with Crippen LogP contribution in [0.2, 0.25) is 5.02 Å². The average Bonchev–Trinajstić information content (AvgIpc) is 3.42. The summed E-state index contributed by atoms with van der Waals surface area (Å²) in [5, 5.41) is 0.443. The van der Waals surface area contributed by atoms with Crippen molar-refractivity contribution in [2.75, 3.05) is 13.7 Å². The lowest BCUT2D eigenvalue weighted by Crippen LogP contribution is -2.40. The van der Waals surface area contributed by atoms with E-state index in [1.54, 1.807) is 37.3 Å². The SMILES string of the molecule is CCCC1=C(C(=O)OCC)[C@H](c2cc(Cl)ccc2OC)n2c(s/c(=C/c3cc(C)n(-c4ccc(F)cc4)c3C)c2=O)=N1. The number of halogens is 2. The molecule has 0 spiro atoms. The van der Waals surface area contributed by atoms with Crippen LogP contribution >= 0.6 is 22.9 Å². The van der Waals surface area contributed by atoms with Crippen molar-refractivity contribution in [2.45, 2.75) is 46.6 Å². The van der Waals surface area contributed by atoms with Gasteiger partial charge in [0.15, 0.2) is 4.80 Å². The van der Waals surface area contributed by atoms with Crippen LogP contribution in [0.1, 0.15) is 55.2 Å². The summed E-state index contributed by atoms with van der Waals surface area (Å²) >= 11 is 7.69. The molecule has 7 nitrogen and oxygen atoms in total. The van der Waals surface area contributed by atoms with Gasteiger partial charge >= 0.3 is 5.97 Å². The Kier molecular flexibility index (Phi) is 8.52. The Morgan fingerprint density at radius 2 is 1.88 bits per heavy atom. The zero-order valence-corrected chi connectivity index (χ0v) is 25.6. The molecule has 0 amide bonds. The molecule has 0 bridgehead atoms. The third-order valence-electron chi connectivity index (χ3n) is 7.22. The number of carbonyl (C=O) groups excluding carboxylic acids is 1. The number of fused-ring (bicyclic) bond motifs is 1. The molecular weight excluding hydrogens is 577 g/mol. The molecule has 0 fully saturated rings. The summed E-state index contributed by atoms with van der Waals surface area (Å²) in [4.78, 5) is 32.9. The van der Waals surface area contributed by atoms with Crippen LogP contribution in [0.15, 0.2) is 69.6 Å². The van der Waals surface area contributed by atoms with Gasteiger partial charge in [0.05, 0.1) is 29.5 Å². The first-order valence-corrected chi connectivity index (χ1v) is 14.9. The van der Waals surface area contributed by atoms with Crippen LogP contribution in [0.25, 0.3) is 11.8 Å². The molecule has 10 heteroatoms. The van der Waals surface area contributed by atoms with E-state index in [-0.39, 0.29) is 18.0 Å². The largest absolute Gasteiger partial charge is 0.496 e. The van der Waals surface area contributed by atoms with Gasteiger partial charge in [-0.2, -0.15) is 0 Å². The van der Waals surface area contributed by atoms with Crippen molar-refractivity contribution >= 4 is 35.0 Å². The van der Waals surface area contributed by atoms with E-state index >= 15 is 0 Å². The van der Waals surface area contributed by atoms with Gasteiger partial charge in [-0.05, 0) is 87.4 Å². The van der Waals surface area contributed by atoms with Gasteiger partial charge in [0, 0.05) is 27.7 Å². The van der Waals surface area contributed by atoms with E-state index in [0.29, 0.717) is 43.4 Å². The first kappa shape index (κ1) is 29.5. The van der Waals surface area contributed by atoms with Crippen LogP contribution in [-0.4, -0.2) is 28.8 Å². The fourth-order valence-electron chi connectivity index (χ4n) is 5.40. The number of aromatic nitrogens is 2. The Balaban J connectivity index is 1.76. The Labute approximate surface area is 251 Å². The maximum atomic E-state index is 14.2. The summed E-state index contributed by atoms with van der Waals surface area (Å²) in [5.41, 5.74) is 4.65. The highest BCUT2D eigenvalue weighted by Gasteiger charge is 2.36. The molecule has 0 saturated carbocycles. The highest BCUT2D eigenvalue weighted by molar-refractivity contribution is 7.07. The smallest absolute Gasteiger partial charge is 0.338 e. The second-order valence-corrected chi connectivity index (χ2v) is 11.4. The molecule has 5 rings (SSSR count). The Hall–Kier alpha value is -3.95. The molecule has 4 aromatic rings. The molecule has 0 saturated heterocycles. The van der Waals surface area contributed by atoms with E-state index in [4.69, 9.17) is 26.1 Å². The average molecular weight is 608 g/mol. The monoisotopic (exact) mass is 607 g/mol. The number of methoxy groups -OCH3 is 1. The van der Waals surface area contributed by atoms with Gasteiger partial charge in [-0.1, -0.05) is 36.3 Å². The van der Waals surface area contributed by atoms with Crippen LogP contribution in [0, 0.1) is 19.7 Å². The van der Waals surface area contributed by atoms with Crippen molar-refractivity contribution in [3.63, 3.8) is 0 Å². The molecule has 0 radical (unpaired) electrons. The van der Waals surface area contributed by atoms with Gasteiger partial charge < -0.3 is 14.0 Å². The van der Waals surface area contributed by atoms with E-state index in [0.717, 1.165) is 29.1 Å². The van der Waals surface area contributed by atoms with Gasteiger partial charge in [0.1, 0.15) is 17.6 Å². The van der Waals surface area contributed by atoms with Gasteiger partial charge in [-0.25, -0.2) is 14.2 Å². The topological polar surface area (TPSA) is 74.8 Å². The predicted molar refractivity (Wildman–Crippen MR) is 163 cm³/mol. The molecule has 0 unspecified atom stereocenters. The fraction of sp³-hybridized carbons (Fsp3) is 0.281. The van der Waals surface area contributed by atoms with Crippen LogP contribution in [0.5, 0.6) is 5.75 Å². The van der Waals surface area contributed by atoms with E-state index in [1.807, 2.05) is 37.5 Å². The number of ether oxygens (including phenoxy) is 2. The molecule has 42 heavy (non-hydrogen) atoms. The Bertz CT molecular complexity index is 1890. The lowest BCUT2D eigenvalue weighted by molar-refractivity contribution is -0.139. The number of allylic oxidation sites excluding steroid dienone is 1. The van der Waals surface area contributed by atoms with Crippen LogP contribution in [0.4, 0.5) is 4.39 Å². The predicted octanol–water partition coefficient (Wildman–Crippen LogP) is 5.79. The van der Waals surface area contributed by atoms with E-state index in [1.165, 1.54) is 35.1 Å². The van der Waals surface area contributed by atoms with Gasteiger partial charge in [0.25, 0.3) is 5.56 Å². The minimum atomic E-state index is -0.843. The normalized spacial score (nSPS) is 15.0. The Morgan fingerprint density at radius 3 is 2.55 bits per heavy atom. The van der Waals surface area contributed by atoms with Crippen molar-refractivity contribution in [1.82, 2.24) is 9.13 Å². The van der Waals surface area contributed by atoms with E-state index < -0.39 is 12.0 Å². The van der Waals surface area contributed by atoms with Gasteiger partial charge in [-0.3, -0.25) is 9.36 Å². The number of esters is 1. The molecule has 1 aliphatic rings. The quantitative estimate of drug-likeness (QED) is 0.238. The molecule has 1 aliphatic heterocycles. The summed E-state index contributed by atoms with van der Waals surface area (Å²) < 4.78 is 28.7. The van der Waals surface area contributed by atoms with Crippen molar-refractivity contribution in [3.8, 4) is 11.4 Å². The number of benzene rings is 2. The first-order chi connectivity index (χ1) is 20.2. The second-order valence-electron chi connectivity index (χ2n) is 9.94. The lowest BCUT2D eigenvalue weighted by atomic mass is 9.93. The fourth-order valence-corrected chi connectivity index (χ4v) is 6.59. The van der Waals surface area contributed by atoms with E-state index in [2.05, 4.69) is 0 Å². The van der Waals surface area contributed by atoms with Gasteiger partial charge in [0.2, 0.25) is 0 Å². The van der Waals surface area contributed by atoms with Crippen LogP contribution < -0.4 is 19.6 Å². The summed E-state index contributed by atoms with van der Waals surface area (Å²) in [5.74, 6) is -0.353. The lowest BCUT2D eigenvalue weighted by Gasteiger charge is -2.27. The van der Waals surface area contributed by atoms with Crippen molar-refractivity contribution in [3.05, 3.63) is 113 Å². The molecule has 1 atom stereocenters. The molecule has 2 aromatic heterocycles. The first-order valence-electron chi connectivity index (χ1n) is 13.7. The molecule has 2 aromatic carbocycles. The van der Waals surface area contributed by atoms with Crippen molar-refractivity contribution in [2.24, 2.45) is 4.99 Å². The highest BCUT2D eigenvalue weighted by Crippen LogP contribution is 2.38. The molecule has 0 aliphatic carbocycles. The molecule has 218 valence electrons. The van der Waals surface area contributed by atoms with E-state index in [9.17, 15) is 14.0 Å². The maximum absolute atomic E-state index is 14.2. The molecule has 3 heterocycles. The van der Waals surface area contributed by atoms with Gasteiger partial charge in [-0.15, -0.1) is 0 Å². The third-order valence-corrected chi connectivity index (χ3v) is 8.44. The molecular formula is C32H31ClFN3O4S. The summed E-state index contributed by atoms with van der Waals surface area (Å²) in [6.45, 7) is 7.84. The maximum Gasteiger partial charge on any atom is 0.338 e. The number of nitrogens with zero attached hydrogens (tertiary/aromatic N) is 3.